The molecule has 0 radical (unpaired) electrons. The Morgan fingerprint density at radius 2 is 2.06 bits per heavy atom. The molecule has 1 aliphatic heterocycles. The fraction of sp³-hybridized carbons (Fsp3) is 0.609. The Morgan fingerprint density at radius 3 is 2.69 bits per heavy atom. The van der Waals surface area contributed by atoms with Crippen molar-refractivity contribution in [1.82, 2.24) is 19.8 Å². The van der Waals surface area contributed by atoms with E-state index in [0.29, 0.717) is 36.9 Å². The zero-order chi connectivity index (χ0) is 22.9. The van der Waals surface area contributed by atoms with Gasteiger partial charge in [0.1, 0.15) is 10.7 Å². The minimum atomic E-state index is -3.63. The monoisotopic (exact) mass is 460 g/mol. The maximum atomic E-state index is 13.2. The van der Waals surface area contributed by atoms with E-state index in [0.717, 1.165) is 37.1 Å². The summed E-state index contributed by atoms with van der Waals surface area (Å²) in [5, 5.41) is 6.87. The second kappa shape index (κ2) is 9.31. The van der Waals surface area contributed by atoms with Gasteiger partial charge in [0.2, 0.25) is 10.0 Å². The van der Waals surface area contributed by atoms with Crippen LogP contribution in [0.5, 0.6) is 0 Å². The van der Waals surface area contributed by atoms with Crippen LogP contribution in [-0.4, -0.2) is 47.4 Å². The predicted molar refractivity (Wildman–Crippen MR) is 120 cm³/mol. The molecule has 0 unspecified atom stereocenters. The number of hydrogen-bond acceptors (Lipinski definition) is 6. The van der Waals surface area contributed by atoms with Crippen LogP contribution in [0.4, 0.5) is 0 Å². The fourth-order valence-electron chi connectivity index (χ4n) is 4.14. The van der Waals surface area contributed by atoms with Gasteiger partial charge in [-0.2, -0.15) is 4.31 Å². The van der Waals surface area contributed by atoms with Crippen LogP contribution in [0.25, 0.3) is 0 Å². The van der Waals surface area contributed by atoms with Crippen molar-refractivity contribution in [2.75, 3.05) is 6.54 Å². The van der Waals surface area contributed by atoms with Gasteiger partial charge in [-0.1, -0.05) is 19.0 Å². The van der Waals surface area contributed by atoms with Crippen LogP contribution < -0.4 is 5.32 Å². The molecule has 3 heterocycles. The molecule has 0 spiro atoms. The van der Waals surface area contributed by atoms with Crippen molar-refractivity contribution in [3.63, 3.8) is 0 Å². The van der Waals surface area contributed by atoms with Crippen LogP contribution in [0.1, 0.15) is 80.7 Å². The van der Waals surface area contributed by atoms with E-state index in [-0.39, 0.29) is 22.9 Å². The molecule has 8 nitrogen and oxygen atoms in total. The molecule has 2 aromatic rings. The van der Waals surface area contributed by atoms with E-state index in [4.69, 9.17) is 4.52 Å². The van der Waals surface area contributed by atoms with Crippen LogP contribution in [0.2, 0.25) is 0 Å². The van der Waals surface area contributed by atoms with Crippen molar-refractivity contribution < 1.29 is 17.7 Å². The first-order valence-electron chi connectivity index (χ1n) is 11.5. The zero-order valence-corrected chi connectivity index (χ0v) is 19.8. The summed E-state index contributed by atoms with van der Waals surface area (Å²) < 4.78 is 33.1. The molecular formula is C23H32N4O4S. The van der Waals surface area contributed by atoms with Gasteiger partial charge in [-0.25, -0.2) is 8.42 Å². The predicted octanol–water partition coefficient (Wildman–Crippen LogP) is 3.51. The average Bonchev–Trinajstić information content (AvgIpc) is 3.48. The number of piperidine rings is 1. The summed E-state index contributed by atoms with van der Waals surface area (Å²) in [5.74, 6) is 1.48. The van der Waals surface area contributed by atoms with Crippen molar-refractivity contribution in [2.45, 2.75) is 82.2 Å². The number of aromatic nitrogens is 2. The van der Waals surface area contributed by atoms with E-state index in [1.807, 2.05) is 6.92 Å². The van der Waals surface area contributed by atoms with Gasteiger partial charge in [-0.15, -0.1) is 0 Å². The van der Waals surface area contributed by atoms with Crippen LogP contribution in [0.15, 0.2) is 33.8 Å². The maximum Gasteiger partial charge on any atom is 0.273 e. The number of pyridine rings is 1. The standard InChI is InChI=1S/C23H32N4O4S/c1-15(2)4-7-18-8-9-20(14-24-18)32(29,30)27-11-10-19(12-16(27)3)25-23(28)21-13-22(31-26-21)17-5-6-17/h8-9,13-17,19H,4-7,10-12H2,1-3H3,(H,25,28)/t16-,19+/m1/s1. The molecule has 1 saturated heterocycles. The fourth-order valence-corrected chi connectivity index (χ4v) is 5.74. The number of amides is 1. The van der Waals surface area contributed by atoms with Crippen molar-refractivity contribution in [3.05, 3.63) is 41.5 Å². The van der Waals surface area contributed by atoms with Gasteiger partial charge in [0, 0.05) is 42.5 Å². The van der Waals surface area contributed by atoms with Gasteiger partial charge in [-0.3, -0.25) is 9.78 Å². The molecule has 0 bridgehead atoms. The average molecular weight is 461 g/mol. The van der Waals surface area contributed by atoms with Crippen LogP contribution in [0.3, 0.4) is 0 Å². The topological polar surface area (TPSA) is 105 Å². The Labute approximate surface area is 189 Å². The third-order valence-corrected chi connectivity index (χ3v) is 8.27. The number of nitrogens with zero attached hydrogens (tertiary/aromatic N) is 3. The highest BCUT2D eigenvalue weighted by Gasteiger charge is 2.36. The van der Waals surface area contributed by atoms with Crippen molar-refractivity contribution >= 4 is 15.9 Å². The number of nitrogens with one attached hydrogen (secondary N) is 1. The molecule has 1 aliphatic carbocycles. The Hall–Kier alpha value is -2.26. The number of carbonyl (C=O) groups is 1. The van der Waals surface area contributed by atoms with Crippen LogP contribution in [0, 0.1) is 5.92 Å². The van der Waals surface area contributed by atoms with Gasteiger partial charge in [0.15, 0.2) is 5.69 Å². The Bertz CT molecular complexity index is 1040. The lowest BCUT2D eigenvalue weighted by Gasteiger charge is -2.36. The number of aryl methyl sites for hydroxylation is 1. The lowest BCUT2D eigenvalue weighted by molar-refractivity contribution is 0.0905. The number of carbonyl (C=O) groups excluding carboxylic acids is 1. The van der Waals surface area contributed by atoms with Gasteiger partial charge in [0.05, 0.1) is 0 Å². The van der Waals surface area contributed by atoms with Crippen molar-refractivity contribution in [3.8, 4) is 0 Å². The first-order chi connectivity index (χ1) is 15.2. The van der Waals surface area contributed by atoms with E-state index in [1.165, 1.54) is 10.5 Å². The lowest BCUT2D eigenvalue weighted by Crippen LogP contribution is -2.50. The first kappa shape index (κ1) is 22.9. The normalized spacial score (nSPS) is 22.2. The highest BCUT2D eigenvalue weighted by molar-refractivity contribution is 7.89. The summed E-state index contributed by atoms with van der Waals surface area (Å²) in [4.78, 5) is 17.1. The summed E-state index contributed by atoms with van der Waals surface area (Å²) in [6, 6.07) is 4.83. The smallest absolute Gasteiger partial charge is 0.273 e. The summed E-state index contributed by atoms with van der Waals surface area (Å²) in [6.45, 7) is 6.53. The molecule has 1 amide bonds. The molecule has 32 heavy (non-hydrogen) atoms. The van der Waals surface area contributed by atoms with E-state index < -0.39 is 10.0 Å². The Balaban J connectivity index is 1.35. The summed E-state index contributed by atoms with van der Waals surface area (Å²) in [7, 11) is -3.63. The summed E-state index contributed by atoms with van der Waals surface area (Å²) in [5.41, 5.74) is 1.20. The molecule has 174 valence electrons. The molecule has 1 N–H and O–H groups in total. The number of rotatable bonds is 8. The molecule has 2 aliphatic rings. The SMILES string of the molecule is CC(C)CCc1ccc(S(=O)(=O)N2CC[C@H](NC(=O)c3cc(C4CC4)on3)C[C@H]2C)cn1. The number of sulfonamides is 1. The quantitative estimate of drug-likeness (QED) is 0.646. The minimum Gasteiger partial charge on any atom is -0.360 e. The van der Waals surface area contributed by atoms with Crippen LogP contribution >= 0.6 is 0 Å². The highest BCUT2D eigenvalue weighted by Crippen LogP contribution is 2.40. The lowest BCUT2D eigenvalue weighted by atomic mass is 10.0. The molecule has 2 atom stereocenters. The largest absolute Gasteiger partial charge is 0.360 e. The Morgan fingerprint density at radius 1 is 1.28 bits per heavy atom. The second-order valence-corrected chi connectivity index (χ2v) is 11.4. The zero-order valence-electron chi connectivity index (χ0n) is 19.0. The molecular weight excluding hydrogens is 428 g/mol. The summed E-state index contributed by atoms with van der Waals surface area (Å²) in [6.07, 6.45) is 6.57. The van der Waals surface area contributed by atoms with E-state index in [1.54, 1.807) is 18.2 Å². The van der Waals surface area contributed by atoms with Crippen LogP contribution in [-0.2, 0) is 16.4 Å². The van der Waals surface area contributed by atoms with Crippen molar-refractivity contribution in [2.24, 2.45) is 5.92 Å². The Kier molecular flexibility index (Phi) is 6.67. The second-order valence-electron chi connectivity index (χ2n) is 9.47. The van der Waals surface area contributed by atoms with Gasteiger partial charge in [-0.05, 0) is 63.5 Å². The van der Waals surface area contributed by atoms with Crippen molar-refractivity contribution in [1.29, 1.82) is 0 Å². The minimum absolute atomic E-state index is 0.110. The van der Waals surface area contributed by atoms with Gasteiger partial charge in [0.25, 0.3) is 5.91 Å². The molecule has 0 aromatic carbocycles. The van der Waals surface area contributed by atoms with Gasteiger partial charge >= 0.3 is 0 Å². The molecule has 1 saturated carbocycles. The molecule has 4 rings (SSSR count). The number of hydrogen-bond donors (Lipinski definition) is 1. The highest BCUT2D eigenvalue weighted by atomic mass is 32.2. The molecule has 2 fully saturated rings. The maximum absolute atomic E-state index is 13.2. The van der Waals surface area contributed by atoms with E-state index >= 15 is 0 Å². The third-order valence-electron chi connectivity index (χ3n) is 6.27. The summed E-state index contributed by atoms with van der Waals surface area (Å²) >= 11 is 0. The van der Waals surface area contributed by atoms with Gasteiger partial charge < -0.3 is 9.84 Å². The molecule has 2 aromatic heterocycles. The third kappa shape index (κ3) is 5.20. The first-order valence-corrected chi connectivity index (χ1v) is 12.9. The van der Waals surface area contributed by atoms with E-state index in [2.05, 4.69) is 29.3 Å². The molecule has 9 heteroatoms. The van der Waals surface area contributed by atoms with E-state index in [9.17, 15) is 13.2 Å².